The summed E-state index contributed by atoms with van der Waals surface area (Å²) in [6, 6.07) is 3.91. The molecule has 0 saturated carbocycles. The van der Waals surface area contributed by atoms with E-state index in [1.807, 2.05) is 0 Å². The summed E-state index contributed by atoms with van der Waals surface area (Å²) in [5.41, 5.74) is 7.86. The first-order valence-electron chi connectivity index (χ1n) is 6.35. The normalized spacial score (nSPS) is 11.9. The fraction of sp³-hybridized carbons (Fsp3) is 0.214. The van der Waals surface area contributed by atoms with Crippen LogP contribution in [0.5, 0.6) is 0 Å². The Morgan fingerprint density at radius 2 is 2.24 bits per heavy atom. The number of benzene rings is 1. The number of carboxylic acids is 1. The Morgan fingerprint density at radius 1 is 1.48 bits per heavy atom. The van der Waals surface area contributed by atoms with Gasteiger partial charge in [-0.2, -0.15) is 0 Å². The van der Waals surface area contributed by atoms with Gasteiger partial charge in [-0.3, -0.25) is 4.79 Å². The highest BCUT2D eigenvalue weighted by atomic mass is 16.4. The summed E-state index contributed by atoms with van der Waals surface area (Å²) in [7, 11) is 0. The number of amides is 1. The van der Waals surface area contributed by atoms with E-state index < -0.39 is 17.9 Å². The number of nitrogens with one attached hydrogen (secondary N) is 2. The fourth-order valence-corrected chi connectivity index (χ4v) is 1.95. The zero-order chi connectivity index (χ0) is 15.4. The topological polar surface area (TPSA) is 121 Å². The van der Waals surface area contributed by atoms with E-state index in [-0.39, 0.29) is 6.42 Å². The number of nitrogens with two attached hydrogens (primary N) is 1. The largest absolute Gasteiger partial charge is 0.480 e. The first-order valence-corrected chi connectivity index (χ1v) is 6.35. The van der Waals surface area contributed by atoms with E-state index >= 15 is 0 Å². The monoisotopic (exact) mass is 288 g/mol. The van der Waals surface area contributed by atoms with Gasteiger partial charge in [-0.05, 0) is 24.6 Å². The molecule has 0 fully saturated rings. The van der Waals surface area contributed by atoms with Gasteiger partial charge < -0.3 is 21.1 Å². The van der Waals surface area contributed by atoms with E-state index in [0.717, 1.165) is 0 Å². The van der Waals surface area contributed by atoms with Crippen LogP contribution in [0.15, 0.2) is 30.7 Å². The SMILES string of the molecule is Cc1c(N)cccc1C(=O)N[C@H](Cc1cnc[nH]1)C(=O)O. The Morgan fingerprint density at radius 3 is 2.86 bits per heavy atom. The van der Waals surface area contributed by atoms with E-state index in [4.69, 9.17) is 5.73 Å². The third kappa shape index (κ3) is 3.38. The summed E-state index contributed by atoms with van der Waals surface area (Å²) in [4.78, 5) is 30.1. The minimum absolute atomic E-state index is 0.127. The Kier molecular flexibility index (Phi) is 4.22. The third-order valence-electron chi connectivity index (χ3n) is 3.20. The van der Waals surface area contributed by atoms with E-state index in [9.17, 15) is 14.7 Å². The molecule has 21 heavy (non-hydrogen) atoms. The number of hydrogen-bond donors (Lipinski definition) is 4. The molecule has 0 bridgehead atoms. The predicted octanol–water partition coefficient (Wildman–Crippen LogP) is 0.726. The Labute approximate surface area is 121 Å². The van der Waals surface area contributed by atoms with Crippen molar-refractivity contribution in [3.05, 3.63) is 47.5 Å². The molecule has 1 aromatic heterocycles. The van der Waals surface area contributed by atoms with Crippen LogP contribution in [0.3, 0.4) is 0 Å². The summed E-state index contributed by atoms with van der Waals surface area (Å²) in [6.07, 6.45) is 3.11. The molecule has 0 radical (unpaired) electrons. The zero-order valence-corrected chi connectivity index (χ0v) is 11.5. The van der Waals surface area contributed by atoms with Crippen molar-refractivity contribution in [2.45, 2.75) is 19.4 Å². The molecule has 1 atom stereocenters. The standard InChI is InChI=1S/C14H16N4O3/c1-8-10(3-2-4-11(8)15)13(19)18-12(14(20)21)5-9-6-16-7-17-9/h2-4,6-7,12H,5,15H2,1H3,(H,16,17)(H,18,19)(H,20,21)/t12-/m1/s1. The van der Waals surface area contributed by atoms with Crippen molar-refractivity contribution in [1.29, 1.82) is 0 Å². The highest BCUT2D eigenvalue weighted by molar-refractivity contribution is 5.98. The molecule has 1 aromatic carbocycles. The number of carboxylic acid groups (broad SMARTS) is 1. The summed E-state index contributed by atoms with van der Waals surface area (Å²) in [5.74, 6) is -1.58. The van der Waals surface area contributed by atoms with Crippen molar-refractivity contribution >= 4 is 17.6 Å². The molecule has 7 heteroatoms. The summed E-state index contributed by atoms with van der Waals surface area (Å²) < 4.78 is 0. The van der Waals surface area contributed by atoms with Crippen LogP contribution in [0.25, 0.3) is 0 Å². The van der Waals surface area contributed by atoms with Gasteiger partial charge in [-0.25, -0.2) is 9.78 Å². The van der Waals surface area contributed by atoms with Crippen LogP contribution >= 0.6 is 0 Å². The van der Waals surface area contributed by atoms with Crippen LogP contribution in [0, 0.1) is 6.92 Å². The van der Waals surface area contributed by atoms with Crippen molar-refractivity contribution in [2.24, 2.45) is 0 Å². The van der Waals surface area contributed by atoms with Gasteiger partial charge in [-0.1, -0.05) is 6.07 Å². The first kappa shape index (κ1) is 14.6. The second kappa shape index (κ2) is 6.08. The molecule has 1 heterocycles. The van der Waals surface area contributed by atoms with E-state index in [2.05, 4.69) is 15.3 Å². The van der Waals surface area contributed by atoms with Crippen LogP contribution in [-0.2, 0) is 11.2 Å². The molecule has 7 nitrogen and oxygen atoms in total. The van der Waals surface area contributed by atoms with Crippen LogP contribution < -0.4 is 11.1 Å². The summed E-state index contributed by atoms with van der Waals surface area (Å²) in [6.45, 7) is 1.72. The third-order valence-corrected chi connectivity index (χ3v) is 3.20. The van der Waals surface area contributed by atoms with Crippen molar-refractivity contribution in [3.8, 4) is 0 Å². The highest BCUT2D eigenvalue weighted by Gasteiger charge is 2.22. The van der Waals surface area contributed by atoms with Crippen molar-refractivity contribution < 1.29 is 14.7 Å². The number of carbonyl (C=O) groups is 2. The number of carbonyl (C=O) groups excluding carboxylic acids is 1. The number of anilines is 1. The molecule has 0 saturated heterocycles. The quantitative estimate of drug-likeness (QED) is 0.604. The maximum atomic E-state index is 12.2. The minimum Gasteiger partial charge on any atom is -0.480 e. The first-order chi connectivity index (χ1) is 9.99. The predicted molar refractivity (Wildman–Crippen MR) is 76.8 cm³/mol. The number of aromatic nitrogens is 2. The van der Waals surface area contributed by atoms with Gasteiger partial charge in [0, 0.05) is 29.6 Å². The number of imidazole rings is 1. The van der Waals surface area contributed by atoms with Crippen molar-refractivity contribution in [1.82, 2.24) is 15.3 Å². The van der Waals surface area contributed by atoms with Gasteiger partial charge in [-0.15, -0.1) is 0 Å². The molecule has 0 spiro atoms. The molecule has 1 amide bonds. The molecule has 0 aliphatic heterocycles. The number of H-pyrrole nitrogens is 1. The molecule has 0 unspecified atom stereocenters. The van der Waals surface area contributed by atoms with Gasteiger partial charge >= 0.3 is 5.97 Å². The summed E-state index contributed by atoms with van der Waals surface area (Å²) in [5, 5.41) is 11.7. The van der Waals surface area contributed by atoms with Crippen LogP contribution in [0.4, 0.5) is 5.69 Å². The number of rotatable bonds is 5. The maximum absolute atomic E-state index is 12.2. The number of aromatic amines is 1. The molecule has 110 valence electrons. The van der Waals surface area contributed by atoms with Gasteiger partial charge in [0.05, 0.1) is 6.33 Å². The molecule has 0 aliphatic rings. The van der Waals surface area contributed by atoms with Crippen LogP contribution in [-0.4, -0.2) is 33.0 Å². The molecule has 2 aromatic rings. The van der Waals surface area contributed by atoms with E-state index in [1.54, 1.807) is 25.1 Å². The Balaban J connectivity index is 2.15. The number of aliphatic carboxylic acids is 1. The molecular weight excluding hydrogens is 272 g/mol. The average molecular weight is 288 g/mol. The lowest BCUT2D eigenvalue weighted by molar-refractivity contribution is -0.139. The summed E-state index contributed by atoms with van der Waals surface area (Å²) >= 11 is 0. The lowest BCUT2D eigenvalue weighted by Gasteiger charge is -2.15. The van der Waals surface area contributed by atoms with E-state index in [1.165, 1.54) is 12.5 Å². The minimum atomic E-state index is -1.11. The van der Waals surface area contributed by atoms with Gasteiger partial charge in [0.15, 0.2) is 0 Å². The lowest BCUT2D eigenvalue weighted by atomic mass is 10.1. The van der Waals surface area contributed by atoms with Crippen LogP contribution in [0.2, 0.25) is 0 Å². The second-order valence-corrected chi connectivity index (χ2v) is 4.67. The Hall–Kier alpha value is -2.83. The van der Waals surface area contributed by atoms with E-state index in [0.29, 0.717) is 22.5 Å². The van der Waals surface area contributed by atoms with Crippen LogP contribution in [0.1, 0.15) is 21.6 Å². The second-order valence-electron chi connectivity index (χ2n) is 4.67. The van der Waals surface area contributed by atoms with Gasteiger partial charge in [0.25, 0.3) is 5.91 Å². The number of hydrogen-bond acceptors (Lipinski definition) is 4. The fourth-order valence-electron chi connectivity index (χ4n) is 1.95. The van der Waals surface area contributed by atoms with Crippen molar-refractivity contribution in [2.75, 3.05) is 5.73 Å². The number of nitrogen functional groups attached to an aromatic ring is 1. The maximum Gasteiger partial charge on any atom is 0.326 e. The number of nitrogens with zero attached hydrogens (tertiary/aromatic N) is 1. The molecular formula is C14H16N4O3. The average Bonchev–Trinajstić information content (AvgIpc) is 2.93. The van der Waals surface area contributed by atoms with Gasteiger partial charge in [0.2, 0.25) is 0 Å². The van der Waals surface area contributed by atoms with Gasteiger partial charge in [0.1, 0.15) is 6.04 Å². The molecule has 2 rings (SSSR count). The zero-order valence-electron chi connectivity index (χ0n) is 11.5. The molecule has 5 N–H and O–H groups in total. The smallest absolute Gasteiger partial charge is 0.326 e. The Bertz CT molecular complexity index is 652. The van der Waals surface area contributed by atoms with Crippen molar-refractivity contribution in [3.63, 3.8) is 0 Å². The molecule has 0 aliphatic carbocycles. The lowest BCUT2D eigenvalue weighted by Crippen LogP contribution is -2.42. The highest BCUT2D eigenvalue weighted by Crippen LogP contribution is 2.15.